The molecule has 1 aromatic carbocycles. The Morgan fingerprint density at radius 1 is 1.18 bits per heavy atom. The van der Waals surface area contributed by atoms with Crippen LogP contribution in [0, 0.1) is 5.92 Å². The molecule has 6 heteroatoms. The van der Waals surface area contributed by atoms with E-state index >= 15 is 0 Å². The van der Waals surface area contributed by atoms with Gasteiger partial charge in [0.25, 0.3) is 0 Å². The Labute approximate surface area is 126 Å². The predicted octanol–water partition coefficient (Wildman–Crippen LogP) is 2.73. The molecular formula is C16H15NO5. The van der Waals surface area contributed by atoms with Crippen LogP contribution in [0.2, 0.25) is 0 Å². The molecule has 6 nitrogen and oxygen atoms in total. The SMILES string of the molecule is CC(C)C(=O)O.O=c1ccc2nc3ccc(O)cc3oc-2c1. The Bertz CT molecular complexity index is 837. The first kappa shape index (κ1) is 15.5. The van der Waals surface area contributed by atoms with Gasteiger partial charge < -0.3 is 14.6 Å². The Morgan fingerprint density at radius 2 is 1.86 bits per heavy atom. The normalized spacial score (nSPS) is 10.5. The summed E-state index contributed by atoms with van der Waals surface area (Å²) in [5.74, 6) is -0.443. The number of carboxylic acids is 1. The van der Waals surface area contributed by atoms with Gasteiger partial charge in [0.2, 0.25) is 0 Å². The number of fused-ring (bicyclic) bond motifs is 2. The molecule has 1 aliphatic carbocycles. The molecule has 22 heavy (non-hydrogen) atoms. The van der Waals surface area contributed by atoms with Gasteiger partial charge >= 0.3 is 5.97 Å². The minimum atomic E-state index is -0.741. The summed E-state index contributed by atoms with van der Waals surface area (Å²) in [4.78, 5) is 25.2. The lowest BCUT2D eigenvalue weighted by atomic mass is 10.2. The fraction of sp³-hybridized carbons (Fsp3) is 0.188. The van der Waals surface area contributed by atoms with Crippen LogP contribution in [0.5, 0.6) is 5.75 Å². The Hall–Kier alpha value is -2.89. The summed E-state index contributed by atoms with van der Waals surface area (Å²) in [5.41, 5.74) is 1.59. The van der Waals surface area contributed by atoms with Crippen LogP contribution >= 0.6 is 0 Å². The third-order valence-electron chi connectivity index (χ3n) is 2.83. The zero-order valence-corrected chi connectivity index (χ0v) is 12.1. The number of carboxylic acid groups (broad SMARTS) is 1. The molecule has 0 atom stereocenters. The van der Waals surface area contributed by atoms with E-state index in [9.17, 15) is 14.7 Å². The monoisotopic (exact) mass is 301 g/mol. The maximum atomic E-state index is 11.1. The molecule has 1 heterocycles. The van der Waals surface area contributed by atoms with Crippen LogP contribution in [-0.2, 0) is 4.79 Å². The predicted molar refractivity (Wildman–Crippen MR) is 81.0 cm³/mol. The second kappa shape index (κ2) is 6.26. The largest absolute Gasteiger partial charge is 0.508 e. The van der Waals surface area contributed by atoms with Crippen molar-refractivity contribution in [3.8, 4) is 17.2 Å². The second-order valence-electron chi connectivity index (χ2n) is 4.99. The van der Waals surface area contributed by atoms with E-state index in [-0.39, 0.29) is 17.1 Å². The number of aliphatic carboxylic acids is 1. The minimum Gasteiger partial charge on any atom is -0.508 e. The van der Waals surface area contributed by atoms with E-state index in [1.165, 1.54) is 18.2 Å². The van der Waals surface area contributed by atoms with Crippen molar-refractivity contribution in [3.05, 3.63) is 46.6 Å². The van der Waals surface area contributed by atoms with E-state index < -0.39 is 5.97 Å². The van der Waals surface area contributed by atoms with Gasteiger partial charge in [-0.2, -0.15) is 0 Å². The van der Waals surface area contributed by atoms with Gasteiger partial charge in [-0.3, -0.25) is 9.59 Å². The van der Waals surface area contributed by atoms with Gasteiger partial charge in [0, 0.05) is 12.1 Å². The molecule has 0 bridgehead atoms. The number of hydrogen-bond donors (Lipinski definition) is 2. The molecule has 0 spiro atoms. The van der Waals surface area contributed by atoms with Crippen molar-refractivity contribution >= 4 is 17.1 Å². The van der Waals surface area contributed by atoms with Gasteiger partial charge in [0.05, 0.1) is 5.92 Å². The van der Waals surface area contributed by atoms with E-state index in [1.807, 2.05) is 0 Å². The third kappa shape index (κ3) is 3.60. The Kier molecular flexibility index (Phi) is 4.41. The van der Waals surface area contributed by atoms with E-state index in [4.69, 9.17) is 9.52 Å². The number of benzene rings is 2. The van der Waals surface area contributed by atoms with E-state index in [0.717, 1.165) is 0 Å². The molecule has 0 saturated heterocycles. The second-order valence-corrected chi connectivity index (χ2v) is 4.99. The van der Waals surface area contributed by atoms with Crippen molar-refractivity contribution in [2.75, 3.05) is 0 Å². The van der Waals surface area contributed by atoms with Crippen molar-refractivity contribution in [1.82, 2.24) is 4.98 Å². The zero-order chi connectivity index (χ0) is 16.3. The molecule has 0 aromatic heterocycles. The standard InChI is InChI=1S/C12H7NO3.C4H8O2/c14-7-1-3-9-11(5-7)16-12-6-8(15)2-4-10(12)13-9;1-3(2)4(5)6/h1-6,14H;3H,1-2H3,(H,5,6). The topological polar surface area (TPSA) is 101 Å². The maximum Gasteiger partial charge on any atom is 0.305 e. The summed E-state index contributed by atoms with van der Waals surface area (Å²) >= 11 is 0. The summed E-state index contributed by atoms with van der Waals surface area (Å²) in [6, 6.07) is 9.12. The molecule has 2 N–H and O–H groups in total. The van der Waals surface area contributed by atoms with Gasteiger partial charge in [-0.1, -0.05) is 13.8 Å². The average molecular weight is 301 g/mol. The smallest absolute Gasteiger partial charge is 0.305 e. The highest BCUT2D eigenvalue weighted by Crippen LogP contribution is 2.25. The Morgan fingerprint density at radius 3 is 2.50 bits per heavy atom. The molecule has 0 radical (unpaired) electrons. The van der Waals surface area contributed by atoms with Crippen molar-refractivity contribution < 1.29 is 19.4 Å². The van der Waals surface area contributed by atoms with E-state index in [0.29, 0.717) is 22.6 Å². The van der Waals surface area contributed by atoms with Gasteiger partial charge in [-0.25, -0.2) is 4.98 Å². The summed E-state index contributed by atoms with van der Waals surface area (Å²) < 4.78 is 5.49. The van der Waals surface area contributed by atoms with Gasteiger partial charge in [0.15, 0.2) is 16.8 Å². The molecule has 0 saturated carbocycles. The number of aromatic nitrogens is 1. The van der Waals surface area contributed by atoms with Crippen LogP contribution in [-0.4, -0.2) is 21.2 Å². The van der Waals surface area contributed by atoms with Crippen molar-refractivity contribution in [2.24, 2.45) is 5.92 Å². The lowest BCUT2D eigenvalue weighted by molar-refractivity contribution is -0.140. The van der Waals surface area contributed by atoms with E-state index in [1.54, 1.807) is 32.0 Å². The van der Waals surface area contributed by atoms with Crippen LogP contribution in [0.15, 0.2) is 45.6 Å². The lowest BCUT2D eigenvalue weighted by Gasteiger charge is -2.05. The molecule has 114 valence electrons. The number of phenolic OH excluding ortho intramolecular Hbond substituents is 1. The summed E-state index contributed by atoms with van der Waals surface area (Å²) in [7, 11) is 0. The Balaban J connectivity index is 0.000000254. The minimum absolute atomic E-state index is 0.107. The van der Waals surface area contributed by atoms with Crippen LogP contribution in [0.3, 0.4) is 0 Å². The molecule has 1 aliphatic heterocycles. The quantitative estimate of drug-likeness (QED) is 0.670. The molecule has 0 unspecified atom stereocenters. The summed E-state index contributed by atoms with van der Waals surface area (Å²) in [6.07, 6.45) is 0. The number of hydrogen-bond acceptors (Lipinski definition) is 5. The summed E-state index contributed by atoms with van der Waals surface area (Å²) in [6.45, 7) is 3.28. The highest BCUT2D eigenvalue weighted by molar-refractivity contribution is 5.77. The molecule has 2 aliphatic rings. The highest BCUT2D eigenvalue weighted by Gasteiger charge is 2.09. The first-order chi connectivity index (χ1) is 10.4. The highest BCUT2D eigenvalue weighted by atomic mass is 16.4. The number of phenols is 1. The number of rotatable bonds is 1. The van der Waals surface area contributed by atoms with E-state index in [2.05, 4.69) is 4.98 Å². The first-order valence-corrected chi connectivity index (χ1v) is 6.63. The van der Waals surface area contributed by atoms with Crippen LogP contribution in [0.1, 0.15) is 13.8 Å². The molecule has 1 aromatic rings. The zero-order valence-electron chi connectivity index (χ0n) is 12.1. The van der Waals surface area contributed by atoms with Crippen LogP contribution < -0.4 is 5.43 Å². The number of carbonyl (C=O) groups is 1. The van der Waals surface area contributed by atoms with Crippen molar-refractivity contribution in [2.45, 2.75) is 13.8 Å². The molecule has 3 rings (SSSR count). The molecule has 0 amide bonds. The van der Waals surface area contributed by atoms with Gasteiger partial charge in [-0.15, -0.1) is 0 Å². The average Bonchev–Trinajstić information content (AvgIpc) is 2.45. The summed E-state index contributed by atoms with van der Waals surface area (Å²) in [5, 5.41) is 17.3. The first-order valence-electron chi connectivity index (χ1n) is 6.63. The number of aromatic hydroxyl groups is 1. The molecular weight excluding hydrogens is 286 g/mol. The van der Waals surface area contributed by atoms with Gasteiger partial charge in [-0.05, 0) is 24.3 Å². The van der Waals surface area contributed by atoms with Crippen LogP contribution in [0.4, 0.5) is 0 Å². The van der Waals surface area contributed by atoms with Crippen molar-refractivity contribution in [1.29, 1.82) is 0 Å². The van der Waals surface area contributed by atoms with Crippen molar-refractivity contribution in [3.63, 3.8) is 0 Å². The number of nitrogens with zero attached hydrogens (tertiary/aromatic N) is 1. The van der Waals surface area contributed by atoms with Gasteiger partial charge in [0.1, 0.15) is 17.0 Å². The maximum absolute atomic E-state index is 11.1. The third-order valence-corrected chi connectivity index (χ3v) is 2.83. The fourth-order valence-corrected chi connectivity index (χ4v) is 1.59. The van der Waals surface area contributed by atoms with Crippen LogP contribution in [0.25, 0.3) is 22.6 Å². The fourth-order valence-electron chi connectivity index (χ4n) is 1.59. The molecule has 0 fully saturated rings. The lowest BCUT2D eigenvalue weighted by Crippen LogP contribution is -2.03.